The van der Waals surface area contributed by atoms with Gasteiger partial charge in [0.25, 0.3) is 5.91 Å². The van der Waals surface area contributed by atoms with Crippen molar-refractivity contribution in [1.29, 1.82) is 0 Å². The second kappa shape index (κ2) is 5.37. The molecule has 0 aliphatic rings. The molecule has 1 aromatic heterocycles. The lowest BCUT2D eigenvalue weighted by Gasteiger charge is -2.07. The third-order valence-corrected chi connectivity index (χ3v) is 1.98. The zero-order valence-corrected chi connectivity index (χ0v) is 9.51. The predicted octanol–water partition coefficient (Wildman–Crippen LogP) is -0.796. The van der Waals surface area contributed by atoms with E-state index in [-0.39, 0.29) is 12.3 Å². The van der Waals surface area contributed by atoms with Gasteiger partial charge in [-0.1, -0.05) is 0 Å². The third kappa shape index (κ3) is 3.78. The number of amides is 1. The molecule has 16 heavy (non-hydrogen) atoms. The topological polar surface area (TPSA) is 67.3 Å². The number of pyridine rings is 1. The summed E-state index contributed by atoms with van der Waals surface area (Å²) in [5.41, 5.74) is 5.66. The predicted molar refractivity (Wildman–Crippen MR) is 58.7 cm³/mol. The average molecular weight is 222 g/mol. The van der Waals surface area contributed by atoms with Crippen LogP contribution in [0.5, 0.6) is 0 Å². The maximum Gasteiger partial charge on any atom is 0.283 e. The Morgan fingerprint density at radius 1 is 1.44 bits per heavy atom. The molecule has 86 valence electrons. The van der Waals surface area contributed by atoms with Crippen LogP contribution in [0.1, 0.15) is 10.4 Å². The number of primary amides is 1. The molecule has 5 heteroatoms. The van der Waals surface area contributed by atoms with Crippen molar-refractivity contribution in [3.8, 4) is 0 Å². The number of carbonyl (C=O) groups excluding carboxylic acids is 2. The molecular weight excluding hydrogens is 206 g/mol. The first-order chi connectivity index (χ1) is 7.49. The van der Waals surface area contributed by atoms with Crippen molar-refractivity contribution in [2.24, 2.45) is 5.73 Å². The van der Waals surface area contributed by atoms with E-state index in [4.69, 9.17) is 5.73 Å². The summed E-state index contributed by atoms with van der Waals surface area (Å²) in [5, 5.41) is 0. The molecule has 1 rings (SSSR count). The summed E-state index contributed by atoms with van der Waals surface area (Å²) in [6.45, 7) is 0.434. The Labute approximate surface area is 94.5 Å². The van der Waals surface area contributed by atoms with Crippen molar-refractivity contribution in [3.05, 3.63) is 30.1 Å². The van der Waals surface area contributed by atoms with Crippen molar-refractivity contribution >= 4 is 11.7 Å². The van der Waals surface area contributed by atoms with Gasteiger partial charge in [-0.3, -0.25) is 9.59 Å². The second-order valence-corrected chi connectivity index (χ2v) is 3.89. The van der Waals surface area contributed by atoms with Crippen LogP contribution in [0, 0.1) is 0 Å². The minimum absolute atomic E-state index is 0.0174. The number of nitrogens with two attached hydrogens (primary N) is 1. The lowest BCUT2D eigenvalue weighted by atomic mass is 10.2. The Kier molecular flexibility index (Phi) is 4.13. The molecule has 0 fully saturated rings. The van der Waals surface area contributed by atoms with Gasteiger partial charge >= 0.3 is 0 Å². The first kappa shape index (κ1) is 12.3. The van der Waals surface area contributed by atoms with Gasteiger partial charge in [0, 0.05) is 6.07 Å². The molecule has 0 aliphatic carbocycles. The van der Waals surface area contributed by atoms with Crippen LogP contribution in [0.2, 0.25) is 0 Å². The Morgan fingerprint density at radius 3 is 2.69 bits per heavy atom. The Morgan fingerprint density at radius 2 is 2.12 bits per heavy atom. The lowest BCUT2D eigenvalue weighted by molar-refractivity contribution is -0.684. The van der Waals surface area contributed by atoms with Gasteiger partial charge in [-0.15, -0.1) is 0 Å². The van der Waals surface area contributed by atoms with E-state index in [1.807, 2.05) is 14.1 Å². The van der Waals surface area contributed by atoms with E-state index in [1.54, 1.807) is 34.0 Å². The zero-order valence-electron chi connectivity index (χ0n) is 9.51. The molecule has 5 nitrogen and oxygen atoms in total. The molecule has 0 atom stereocenters. The highest BCUT2D eigenvalue weighted by Crippen LogP contribution is 1.97. The van der Waals surface area contributed by atoms with Gasteiger partial charge in [0.05, 0.1) is 12.1 Å². The van der Waals surface area contributed by atoms with E-state index in [2.05, 4.69) is 0 Å². The number of hydrogen-bond acceptors (Lipinski definition) is 3. The summed E-state index contributed by atoms with van der Waals surface area (Å²) < 4.78 is 1.60. The van der Waals surface area contributed by atoms with Gasteiger partial charge in [-0.2, -0.15) is 4.57 Å². The normalized spacial score (nSPS) is 10.4. The van der Waals surface area contributed by atoms with Crippen LogP contribution in [0.25, 0.3) is 0 Å². The highest BCUT2D eigenvalue weighted by Gasteiger charge is 2.12. The van der Waals surface area contributed by atoms with Gasteiger partial charge in [0.2, 0.25) is 6.54 Å². The Hall–Kier alpha value is -1.75. The summed E-state index contributed by atoms with van der Waals surface area (Å²) in [6.07, 6.45) is 3.34. The van der Waals surface area contributed by atoms with Crippen LogP contribution in [-0.2, 0) is 11.3 Å². The molecule has 1 aromatic rings. The average Bonchev–Trinajstić information content (AvgIpc) is 2.16. The summed E-state index contributed by atoms with van der Waals surface area (Å²) >= 11 is 0. The fraction of sp³-hybridized carbons (Fsp3) is 0.364. The van der Waals surface area contributed by atoms with Gasteiger partial charge in [-0.05, 0) is 20.2 Å². The first-order valence-electron chi connectivity index (χ1n) is 4.94. The van der Waals surface area contributed by atoms with E-state index < -0.39 is 5.91 Å². The van der Waals surface area contributed by atoms with Gasteiger partial charge in [-0.25, -0.2) is 0 Å². The largest absolute Gasteiger partial charge is 0.364 e. The van der Waals surface area contributed by atoms with Crippen LogP contribution >= 0.6 is 0 Å². The molecule has 2 N–H and O–H groups in total. The molecule has 0 saturated heterocycles. The van der Waals surface area contributed by atoms with E-state index in [0.717, 1.165) is 0 Å². The quantitative estimate of drug-likeness (QED) is 0.524. The van der Waals surface area contributed by atoms with Gasteiger partial charge in [0.15, 0.2) is 18.2 Å². The molecule has 0 saturated carbocycles. The maximum atomic E-state index is 11.7. The highest BCUT2D eigenvalue weighted by molar-refractivity contribution is 5.97. The van der Waals surface area contributed by atoms with Crippen LogP contribution in [-0.4, -0.2) is 37.2 Å². The summed E-state index contributed by atoms with van der Waals surface area (Å²) in [6, 6.07) is 3.45. The maximum absolute atomic E-state index is 11.7. The monoisotopic (exact) mass is 222 g/mol. The molecule has 0 unspecified atom stereocenters. The van der Waals surface area contributed by atoms with Gasteiger partial charge in [0.1, 0.15) is 0 Å². The minimum atomic E-state index is -0.429. The summed E-state index contributed by atoms with van der Waals surface area (Å²) in [7, 11) is 3.66. The van der Waals surface area contributed by atoms with Crippen molar-refractivity contribution in [3.63, 3.8) is 0 Å². The number of rotatable bonds is 5. The molecule has 1 heterocycles. The summed E-state index contributed by atoms with van der Waals surface area (Å²) in [5.74, 6) is -0.411. The van der Waals surface area contributed by atoms with E-state index in [0.29, 0.717) is 12.1 Å². The Bertz CT molecular complexity index is 402. The smallest absolute Gasteiger partial charge is 0.283 e. The molecule has 1 amide bonds. The lowest BCUT2D eigenvalue weighted by Crippen LogP contribution is -2.41. The molecule has 0 aliphatic heterocycles. The number of Topliss-reactive ketones (excluding diaryl/α,β-unsaturated/α-hetero) is 1. The summed E-state index contributed by atoms with van der Waals surface area (Å²) in [4.78, 5) is 24.3. The minimum Gasteiger partial charge on any atom is -0.364 e. The molecule has 0 spiro atoms. The fourth-order valence-electron chi connectivity index (χ4n) is 1.34. The van der Waals surface area contributed by atoms with Crippen LogP contribution in [0.3, 0.4) is 0 Å². The zero-order chi connectivity index (χ0) is 12.1. The van der Waals surface area contributed by atoms with E-state index in [9.17, 15) is 9.59 Å². The number of likely N-dealkylation sites (N-methyl/N-ethyl adjacent to an activating group) is 1. The molecule has 0 aromatic carbocycles. The number of ketones is 1. The van der Waals surface area contributed by atoms with Crippen LogP contribution < -0.4 is 10.3 Å². The number of hydrogen-bond donors (Lipinski definition) is 1. The van der Waals surface area contributed by atoms with Crippen LogP contribution in [0.15, 0.2) is 24.5 Å². The van der Waals surface area contributed by atoms with Crippen LogP contribution in [0.4, 0.5) is 0 Å². The molecular formula is C11H16N3O2+. The van der Waals surface area contributed by atoms with E-state index >= 15 is 0 Å². The second-order valence-electron chi connectivity index (χ2n) is 3.89. The molecule has 0 bridgehead atoms. The van der Waals surface area contributed by atoms with Crippen molar-refractivity contribution in [2.45, 2.75) is 6.54 Å². The van der Waals surface area contributed by atoms with Crippen molar-refractivity contribution < 1.29 is 14.2 Å². The SMILES string of the molecule is CN(C)CC(=O)c1ccc[n+](CC(N)=O)c1. The third-order valence-electron chi connectivity index (χ3n) is 1.98. The molecule has 0 radical (unpaired) electrons. The number of aromatic nitrogens is 1. The van der Waals surface area contributed by atoms with Gasteiger partial charge < -0.3 is 10.6 Å². The van der Waals surface area contributed by atoms with E-state index in [1.165, 1.54) is 0 Å². The van der Waals surface area contributed by atoms with Crippen molar-refractivity contribution in [2.75, 3.05) is 20.6 Å². The number of nitrogens with zero attached hydrogens (tertiary/aromatic N) is 2. The fourth-order valence-corrected chi connectivity index (χ4v) is 1.34. The Balaban J connectivity index is 2.81. The number of carbonyl (C=O) groups is 2. The highest BCUT2D eigenvalue weighted by atomic mass is 16.1. The standard InChI is InChI=1S/C11H15N3O2/c1-13(2)7-10(15)9-4-3-5-14(6-9)8-11(12)16/h3-6H,7-8H2,1-2H3,(H-,12,16)/p+1. The first-order valence-corrected chi connectivity index (χ1v) is 4.94. The van der Waals surface area contributed by atoms with Crippen molar-refractivity contribution in [1.82, 2.24) is 4.90 Å².